The van der Waals surface area contributed by atoms with Crippen molar-refractivity contribution in [1.82, 2.24) is 10.3 Å². The van der Waals surface area contributed by atoms with Gasteiger partial charge in [-0.2, -0.15) is 26.3 Å². The molecule has 0 saturated carbocycles. The van der Waals surface area contributed by atoms with E-state index in [1.165, 1.54) is 0 Å². The van der Waals surface area contributed by atoms with Crippen molar-refractivity contribution in [3.63, 3.8) is 0 Å². The maximum Gasteiger partial charge on any atom is 0.416 e. The number of anilines is 1. The van der Waals surface area contributed by atoms with Crippen LogP contribution in [0.25, 0.3) is 11.3 Å². The second-order valence-corrected chi connectivity index (χ2v) is 9.24. The van der Waals surface area contributed by atoms with Crippen LogP contribution in [0.3, 0.4) is 0 Å². The largest absolute Gasteiger partial charge is 0.416 e. The van der Waals surface area contributed by atoms with Gasteiger partial charge in [0.25, 0.3) is 5.91 Å². The molecule has 0 aliphatic carbocycles. The van der Waals surface area contributed by atoms with Crippen LogP contribution in [0.4, 0.5) is 31.3 Å². The van der Waals surface area contributed by atoms with E-state index in [1.54, 1.807) is 37.3 Å². The van der Waals surface area contributed by atoms with Gasteiger partial charge in [0.05, 0.1) is 16.9 Å². The smallest absolute Gasteiger partial charge is 0.356 e. The summed E-state index contributed by atoms with van der Waals surface area (Å²) >= 11 is 2.03. The number of thiazole rings is 1. The number of alkyl halides is 6. The molecule has 2 amide bonds. The summed E-state index contributed by atoms with van der Waals surface area (Å²) in [7, 11) is 0. The molecule has 3 aromatic rings. The van der Waals surface area contributed by atoms with Gasteiger partial charge in [0, 0.05) is 17.7 Å². The molecule has 13 heteroatoms. The Morgan fingerprint density at radius 3 is 2.11 bits per heavy atom. The van der Waals surface area contributed by atoms with Crippen LogP contribution in [0, 0.1) is 0 Å². The van der Waals surface area contributed by atoms with Crippen LogP contribution in [0.5, 0.6) is 0 Å². The number of nitrogens with zero attached hydrogens (tertiary/aromatic N) is 1. The first kappa shape index (κ1) is 26.5. The molecule has 2 aromatic carbocycles. The first-order chi connectivity index (χ1) is 16.4. The molecule has 35 heavy (non-hydrogen) atoms. The Morgan fingerprint density at radius 1 is 0.971 bits per heavy atom. The number of aromatic nitrogens is 1. The second-order valence-electron chi connectivity index (χ2n) is 7.01. The fraction of sp³-hybridized carbons (Fsp3) is 0.227. The summed E-state index contributed by atoms with van der Waals surface area (Å²) in [6, 6.07) is 9.16. The van der Waals surface area contributed by atoms with Crippen molar-refractivity contribution in [3.8, 4) is 11.3 Å². The lowest BCUT2D eigenvalue weighted by Crippen LogP contribution is -2.24. The van der Waals surface area contributed by atoms with Gasteiger partial charge in [-0.05, 0) is 25.1 Å². The standard InChI is InChI=1S/C22H17F6N3O2S2/c1-2-29-16(32)11-34-20-30-17(12-6-4-3-5-7-12)19(35-20)31-18(33)13-8-14(21(23,24)25)10-15(9-13)22(26,27)28/h3-10H,2,11H2,1H3,(H,29,32)(H,31,33). The first-order valence-electron chi connectivity index (χ1n) is 9.95. The minimum Gasteiger partial charge on any atom is -0.356 e. The van der Waals surface area contributed by atoms with Gasteiger partial charge >= 0.3 is 12.4 Å². The van der Waals surface area contributed by atoms with E-state index in [-0.39, 0.29) is 28.4 Å². The number of carbonyl (C=O) groups is 2. The van der Waals surface area contributed by atoms with Crippen LogP contribution in [0.2, 0.25) is 0 Å². The van der Waals surface area contributed by atoms with E-state index in [0.717, 1.165) is 23.1 Å². The molecule has 2 N–H and O–H groups in total. The van der Waals surface area contributed by atoms with Crippen LogP contribution >= 0.6 is 23.1 Å². The molecule has 0 spiro atoms. The molecule has 0 saturated heterocycles. The molecule has 1 aromatic heterocycles. The number of hydrogen-bond acceptors (Lipinski definition) is 5. The highest BCUT2D eigenvalue weighted by molar-refractivity contribution is 8.01. The number of carbonyl (C=O) groups excluding carboxylic acids is 2. The van der Waals surface area contributed by atoms with Gasteiger partial charge < -0.3 is 10.6 Å². The Labute approximate surface area is 203 Å². The fourth-order valence-electron chi connectivity index (χ4n) is 2.88. The average molecular weight is 534 g/mol. The second kappa shape index (κ2) is 10.7. The van der Waals surface area contributed by atoms with Gasteiger partial charge in [0.15, 0.2) is 4.34 Å². The molecule has 3 rings (SSSR count). The van der Waals surface area contributed by atoms with Gasteiger partial charge in [-0.3, -0.25) is 9.59 Å². The molecule has 0 bridgehead atoms. The van der Waals surface area contributed by atoms with Crippen molar-refractivity contribution in [3.05, 3.63) is 65.2 Å². The van der Waals surface area contributed by atoms with Crippen molar-refractivity contribution >= 4 is 39.9 Å². The summed E-state index contributed by atoms with van der Waals surface area (Å²) in [5.41, 5.74) is -3.17. The Hall–Kier alpha value is -3.06. The highest BCUT2D eigenvalue weighted by atomic mass is 32.2. The highest BCUT2D eigenvalue weighted by Crippen LogP contribution is 2.39. The zero-order valence-electron chi connectivity index (χ0n) is 17.9. The lowest BCUT2D eigenvalue weighted by Gasteiger charge is -2.14. The number of rotatable bonds is 7. The van der Waals surface area contributed by atoms with Gasteiger partial charge in [-0.15, -0.1) is 0 Å². The Morgan fingerprint density at radius 2 is 1.57 bits per heavy atom. The van der Waals surface area contributed by atoms with Crippen LogP contribution in [-0.4, -0.2) is 29.1 Å². The predicted octanol–water partition coefficient (Wildman–Crippen LogP) is 6.33. The number of halogens is 6. The van der Waals surface area contributed by atoms with Crippen molar-refractivity contribution in [2.24, 2.45) is 0 Å². The maximum atomic E-state index is 13.2. The molecule has 5 nitrogen and oxygen atoms in total. The minimum atomic E-state index is -5.08. The van der Waals surface area contributed by atoms with Crippen LogP contribution in [-0.2, 0) is 17.1 Å². The molecule has 0 fully saturated rings. The summed E-state index contributed by atoms with van der Waals surface area (Å²) in [6.07, 6.45) is -10.2. The molecule has 186 valence electrons. The normalized spacial score (nSPS) is 11.9. The molecule has 0 unspecified atom stereocenters. The van der Waals surface area contributed by atoms with Crippen LogP contribution < -0.4 is 10.6 Å². The van der Waals surface area contributed by atoms with E-state index < -0.39 is 35.0 Å². The third kappa shape index (κ3) is 6.98. The molecule has 0 aliphatic heterocycles. The van der Waals surface area contributed by atoms with E-state index in [4.69, 9.17) is 0 Å². The third-order valence-electron chi connectivity index (χ3n) is 4.43. The monoisotopic (exact) mass is 533 g/mol. The summed E-state index contributed by atoms with van der Waals surface area (Å²) in [6.45, 7) is 2.19. The van der Waals surface area contributed by atoms with Crippen molar-refractivity contribution in [2.75, 3.05) is 17.6 Å². The first-order valence-corrected chi connectivity index (χ1v) is 11.7. The van der Waals surface area contributed by atoms with E-state index in [0.29, 0.717) is 28.6 Å². The summed E-state index contributed by atoms with van der Waals surface area (Å²) in [5, 5.41) is 5.12. The van der Waals surface area contributed by atoms with E-state index >= 15 is 0 Å². The number of hydrogen-bond donors (Lipinski definition) is 2. The maximum absolute atomic E-state index is 13.2. The van der Waals surface area contributed by atoms with E-state index in [9.17, 15) is 35.9 Å². The summed E-state index contributed by atoms with van der Waals surface area (Å²) in [5.74, 6) is -1.38. The Balaban J connectivity index is 1.96. The molecule has 0 aliphatic rings. The summed E-state index contributed by atoms with van der Waals surface area (Å²) < 4.78 is 79.4. The van der Waals surface area contributed by atoms with Gasteiger partial charge in [-0.25, -0.2) is 4.98 Å². The minimum absolute atomic E-state index is 0.0333. The fourth-order valence-corrected chi connectivity index (χ4v) is 4.77. The molecule has 1 heterocycles. The Kier molecular flexibility index (Phi) is 8.11. The average Bonchev–Trinajstić information content (AvgIpc) is 3.19. The highest BCUT2D eigenvalue weighted by Gasteiger charge is 2.37. The van der Waals surface area contributed by atoms with Crippen LogP contribution in [0.15, 0.2) is 52.9 Å². The summed E-state index contributed by atoms with van der Waals surface area (Å²) in [4.78, 5) is 28.9. The quantitative estimate of drug-likeness (QED) is 0.275. The third-order valence-corrected chi connectivity index (χ3v) is 6.55. The van der Waals surface area contributed by atoms with E-state index in [1.807, 2.05) is 0 Å². The van der Waals surface area contributed by atoms with Crippen molar-refractivity contribution in [1.29, 1.82) is 0 Å². The lowest BCUT2D eigenvalue weighted by atomic mass is 10.0. The number of benzene rings is 2. The molecular weight excluding hydrogens is 516 g/mol. The molecular formula is C22H17F6N3O2S2. The number of nitrogens with one attached hydrogen (secondary N) is 2. The lowest BCUT2D eigenvalue weighted by molar-refractivity contribution is -0.143. The molecule has 0 atom stereocenters. The van der Waals surface area contributed by atoms with Gasteiger partial charge in [-0.1, -0.05) is 53.4 Å². The van der Waals surface area contributed by atoms with Gasteiger partial charge in [0.2, 0.25) is 5.91 Å². The van der Waals surface area contributed by atoms with Gasteiger partial charge in [0.1, 0.15) is 10.7 Å². The van der Waals surface area contributed by atoms with E-state index in [2.05, 4.69) is 15.6 Å². The zero-order valence-corrected chi connectivity index (χ0v) is 19.5. The Bertz CT molecular complexity index is 1180. The number of thioether (sulfide) groups is 1. The topological polar surface area (TPSA) is 71.1 Å². The SMILES string of the molecule is CCNC(=O)CSc1nc(-c2ccccc2)c(NC(=O)c2cc(C(F)(F)F)cc(C(F)(F)F)c2)s1. The van der Waals surface area contributed by atoms with Crippen molar-refractivity contribution in [2.45, 2.75) is 23.6 Å². The zero-order chi connectivity index (χ0) is 25.8. The number of amides is 2. The van der Waals surface area contributed by atoms with Crippen LogP contribution in [0.1, 0.15) is 28.4 Å². The van der Waals surface area contributed by atoms with Crippen molar-refractivity contribution < 1.29 is 35.9 Å². The molecule has 0 radical (unpaired) electrons. The predicted molar refractivity (Wildman–Crippen MR) is 121 cm³/mol.